The standard InChI is InChI=1S/C15H15FN2O2/c1-18(9-10-4-2-3-5-13(10)16)14-8-11(17)6-7-12(14)15(19)20/h2-8H,9,17H2,1H3,(H,19,20). The molecule has 0 unspecified atom stereocenters. The van der Waals surface area contributed by atoms with E-state index < -0.39 is 5.97 Å². The van der Waals surface area contributed by atoms with Crippen LogP contribution in [0.5, 0.6) is 0 Å². The topological polar surface area (TPSA) is 66.6 Å². The van der Waals surface area contributed by atoms with Crippen molar-refractivity contribution in [3.05, 3.63) is 59.4 Å². The quantitative estimate of drug-likeness (QED) is 0.841. The summed E-state index contributed by atoms with van der Waals surface area (Å²) in [6.45, 7) is 0.260. The SMILES string of the molecule is CN(Cc1ccccc1F)c1cc(N)ccc1C(=O)O. The van der Waals surface area contributed by atoms with Crippen molar-refractivity contribution >= 4 is 17.3 Å². The maximum Gasteiger partial charge on any atom is 0.337 e. The van der Waals surface area contributed by atoms with Gasteiger partial charge in [-0.25, -0.2) is 9.18 Å². The smallest absolute Gasteiger partial charge is 0.337 e. The monoisotopic (exact) mass is 274 g/mol. The molecule has 0 atom stereocenters. The zero-order chi connectivity index (χ0) is 14.7. The lowest BCUT2D eigenvalue weighted by Crippen LogP contribution is -2.20. The number of rotatable bonds is 4. The van der Waals surface area contributed by atoms with Crippen LogP contribution in [0.25, 0.3) is 0 Å². The minimum atomic E-state index is -1.04. The third-order valence-electron chi connectivity index (χ3n) is 3.03. The zero-order valence-electron chi connectivity index (χ0n) is 11.0. The van der Waals surface area contributed by atoms with Gasteiger partial charge in [0.25, 0.3) is 0 Å². The van der Waals surface area contributed by atoms with E-state index in [0.717, 1.165) is 0 Å². The molecule has 0 aliphatic carbocycles. The molecular weight excluding hydrogens is 259 g/mol. The van der Waals surface area contributed by atoms with Crippen LogP contribution in [0, 0.1) is 5.82 Å². The van der Waals surface area contributed by atoms with Crippen LogP contribution < -0.4 is 10.6 Å². The molecule has 2 aromatic carbocycles. The van der Waals surface area contributed by atoms with Gasteiger partial charge in [-0.15, -0.1) is 0 Å². The number of nitrogens with zero attached hydrogens (tertiary/aromatic N) is 1. The molecule has 0 aliphatic heterocycles. The Hall–Kier alpha value is -2.56. The van der Waals surface area contributed by atoms with E-state index >= 15 is 0 Å². The third-order valence-corrected chi connectivity index (χ3v) is 3.03. The fourth-order valence-corrected chi connectivity index (χ4v) is 2.01. The third kappa shape index (κ3) is 2.88. The van der Waals surface area contributed by atoms with Gasteiger partial charge in [-0.05, 0) is 24.3 Å². The number of hydrogen-bond acceptors (Lipinski definition) is 3. The molecule has 0 heterocycles. The lowest BCUT2D eigenvalue weighted by molar-refractivity contribution is 0.0697. The highest BCUT2D eigenvalue weighted by Crippen LogP contribution is 2.24. The number of halogens is 1. The molecule has 3 N–H and O–H groups in total. The first-order valence-electron chi connectivity index (χ1n) is 6.06. The Kier molecular flexibility index (Phi) is 3.89. The first-order chi connectivity index (χ1) is 9.49. The highest BCUT2D eigenvalue weighted by Gasteiger charge is 2.15. The minimum absolute atomic E-state index is 0.137. The first-order valence-corrected chi connectivity index (χ1v) is 6.06. The van der Waals surface area contributed by atoms with Gasteiger partial charge in [0.05, 0.1) is 11.3 Å². The summed E-state index contributed by atoms with van der Waals surface area (Å²) in [6.07, 6.45) is 0. The normalized spacial score (nSPS) is 10.3. The van der Waals surface area contributed by atoms with E-state index in [9.17, 15) is 14.3 Å². The maximum absolute atomic E-state index is 13.6. The fourth-order valence-electron chi connectivity index (χ4n) is 2.01. The van der Waals surface area contributed by atoms with Crippen LogP contribution >= 0.6 is 0 Å². The number of carboxylic acids is 1. The van der Waals surface area contributed by atoms with Crippen molar-refractivity contribution in [2.75, 3.05) is 17.7 Å². The van der Waals surface area contributed by atoms with Gasteiger partial charge in [0, 0.05) is 24.8 Å². The number of anilines is 2. The number of benzene rings is 2. The van der Waals surface area contributed by atoms with E-state index in [1.165, 1.54) is 18.2 Å². The average Bonchev–Trinajstić information content (AvgIpc) is 2.40. The number of carbonyl (C=O) groups is 1. The molecule has 20 heavy (non-hydrogen) atoms. The number of aromatic carboxylic acids is 1. The summed E-state index contributed by atoms with van der Waals surface area (Å²) in [6, 6.07) is 10.9. The summed E-state index contributed by atoms with van der Waals surface area (Å²) in [7, 11) is 1.70. The van der Waals surface area contributed by atoms with Gasteiger partial charge in [0.1, 0.15) is 5.82 Å². The predicted octanol–water partition coefficient (Wildman–Crippen LogP) is 2.74. The van der Waals surface area contributed by atoms with Crippen LogP contribution in [-0.4, -0.2) is 18.1 Å². The second kappa shape index (κ2) is 5.61. The van der Waals surface area contributed by atoms with Crippen molar-refractivity contribution in [2.45, 2.75) is 6.54 Å². The zero-order valence-corrected chi connectivity index (χ0v) is 11.0. The van der Waals surface area contributed by atoms with Gasteiger partial charge >= 0.3 is 5.97 Å². The highest BCUT2D eigenvalue weighted by atomic mass is 19.1. The number of nitrogen functional groups attached to an aromatic ring is 1. The molecule has 0 spiro atoms. The largest absolute Gasteiger partial charge is 0.478 e. The lowest BCUT2D eigenvalue weighted by Gasteiger charge is -2.22. The lowest BCUT2D eigenvalue weighted by atomic mass is 10.1. The first kappa shape index (κ1) is 13.9. The Balaban J connectivity index is 2.34. The highest BCUT2D eigenvalue weighted by molar-refractivity contribution is 5.95. The van der Waals surface area contributed by atoms with Crippen molar-refractivity contribution in [2.24, 2.45) is 0 Å². The molecule has 0 saturated carbocycles. The molecule has 5 heteroatoms. The Labute approximate surface area is 116 Å². The molecule has 0 saturated heterocycles. The van der Waals surface area contributed by atoms with Crippen LogP contribution in [-0.2, 0) is 6.54 Å². The molecule has 2 rings (SSSR count). The van der Waals surface area contributed by atoms with E-state index in [1.54, 1.807) is 36.2 Å². The van der Waals surface area contributed by atoms with Gasteiger partial charge in [-0.3, -0.25) is 0 Å². The molecule has 104 valence electrons. The van der Waals surface area contributed by atoms with Crippen LogP contribution in [0.2, 0.25) is 0 Å². The molecule has 0 aliphatic rings. The Morgan fingerprint density at radius 2 is 2.00 bits per heavy atom. The van der Waals surface area contributed by atoms with Gasteiger partial charge in [-0.1, -0.05) is 18.2 Å². The van der Waals surface area contributed by atoms with Crippen molar-refractivity contribution in [1.82, 2.24) is 0 Å². The molecule has 0 bridgehead atoms. The second-order valence-electron chi connectivity index (χ2n) is 4.53. The van der Waals surface area contributed by atoms with Crippen LogP contribution in [0.3, 0.4) is 0 Å². The summed E-state index contributed by atoms with van der Waals surface area (Å²) in [4.78, 5) is 12.9. The Morgan fingerprint density at radius 3 is 2.65 bits per heavy atom. The molecule has 0 radical (unpaired) electrons. The Bertz CT molecular complexity index is 644. The average molecular weight is 274 g/mol. The van der Waals surface area contributed by atoms with Crippen LogP contribution in [0.1, 0.15) is 15.9 Å². The van der Waals surface area contributed by atoms with E-state index in [1.807, 2.05) is 0 Å². The molecule has 0 aromatic heterocycles. The van der Waals surface area contributed by atoms with Crippen LogP contribution in [0.4, 0.5) is 15.8 Å². The number of carboxylic acid groups (broad SMARTS) is 1. The van der Waals surface area contributed by atoms with Crippen molar-refractivity contribution in [3.63, 3.8) is 0 Å². The summed E-state index contributed by atoms with van der Waals surface area (Å²) >= 11 is 0. The summed E-state index contributed by atoms with van der Waals surface area (Å²) in [5.74, 6) is -1.36. The van der Waals surface area contributed by atoms with Crippen molar-refractivity contribution < 1.29 is 14.3 Å². The number of nitrogens with two attached hydrogens (primary N) is 1. The van der Waals surface area contributed by atoms with E-state index in [4.69, 9.17) is 5.73 Å². The van der Waals surface area contributed by atoms with Gasteiger partial charge in [-0.2, -0.15) is 0 Å². The molecule has 0 fully saturated rings. The van der Waals surface area contributed by atoms with Gasteiger partial charge in [0.15, 0.2) is 0 Å². The fraction of sp³-hybridized carbons (Fsp3) is 0.133. The van der Waals surface area contributed by atoms with E-state index in [2.05, 4.69) is 0 Å². The van der Waals surface area contributed by atoms with Crippen LogP contribution in [0.15, 0.2) is 42.5 Å². The van der Waals surface area contributed by atoms with E-state index in [-0.39, 0.29) is 17.9 Å². The predicted molar refractivity (Wildman–Crippen MR) is 76.3 cm³/mol. The molecule has 4 nitrogen and oxygen atoms in total. The number of hydrogen-bond donors (Lipinski definition) is 2. The van der Waals surface area contributed by atoms with Crippen molar-refractivity contribution in [1.29, 1.82) is 0 Å². The summed E-state index contributed by atoms with van der Waals surface area (Å²) in [5.41, 5.74) is 7.25. The molecule has 0 amide bonds. The summed E-state index contributed by atoms with van der Waals surface area (Å²) in [5, 5.41) is 9.18. The summed E-state index contributed by atoms with van der Waals surface area (Å²) < 4.78 is 13.6. The second-order valence-corrected chi connectivity index (χ2v) is 4.53. The Morgan fingerprint density at radius 1 is 1.30 bits per heavy atom. The molecule has 2 aromatic rings. The minimum Gasteiger partial charge on any atom is -0.478 e. The maximum atomic E-state index is 13.6. The van der Waals surface area contributed by atoms with Crippen molar-refractivity contribution in [3.8, 4) is 0 Å². The molecular formula is C15H15FN2O2. The van der Waals surface area contributed by atoms with Gasteiger partial charge < -0.3 is 15.7 Å². The van der Waals surface area contributed by atoms with E-state index in [0.29, 0.717) is 16.9 Å². The van der Waals surface area contributed by atoms with Gasteiger partial charge in [0.2, 0.25) is 0 Å².